The molecule has 0 aliphatic rings. The Morgan fingerprint density at radius 1 is 1.38 bits per heavy atom. The summed E-state index contributed by atoms with van der Waals surface area (Å²) < 4.78 is 0. The Morgan fingerprint density at radius 3 is 2.85 bits per heavy atom. The number of para-hydroxylation sites is 1. The zero-order chi connectivity index (χ0) is 9.52. The number of anilines is 1. The molecule has 0 atom stereocenters. The Kier molecular flexibility index (Phi) is 3.73. The molecule has 0 spiro atoms. The van der Waals surface area contributed by atoms with E-state index in [1.165, 1.54) is 0 Å². The molecule has 68 valence electrons. The number of nitrogens with two attached hydrogens (primary N) is 1. The summed E-state index contributed by atoms with van der Waals surface area (Å²) in [6.45, 7) is 0. The lowest BCUT2D eigenvalue weighted by molar-refractivity contribution is -0.107. The van der Waals surface area contributed by atoms with Crippen LogP contribution >= 0.6 is 0 Å². The van der Waals surface area contributed by atoms with Gasteiger partial charge in [0.05, 0.1) is 5.69 Å². The molecule has 0 heterocycles. The lowest BCUT2D eigenvalue weighted by Crippen LogP contribution is -2.07. The van der Waals surface area contributed by atoms with Crippen LogP contribution in [0.1, 0.15) is 12.0 Å². The van der Waals surface area contributed by atoms with E-state index in [0.717, 1.165) is 17.5 Å². The third kappa shape index (κ3) is 2.72. The first-order valence-electron chi connectivity index (χ1n) is 4.04. The minimum absolute atomic E-state index is 0.429. The Bertz CT molecular complexity index is 308. The van der Waals surface area contributed by atoms with E-state index >= 15 is 0 Å². The minimum atomic E-state index is 0.429. The molecule has 1 aromatic carbocycles. The molecule has 0 saturated carbocycles. The maximum absolute atomic E-state index is 10.1. The first-order valence-corrected chi connectivity index (χ1v) is 4.04. The number of hydrogen-bond acceptors (Lipinski definition) is 3. The van der Waals surface area contributed by atoms with Crippen molar-refractivity contribution >= 4 is 18.0 Å². The van der Waals surface area contributed by atoms with Gasteiger partial charge in [0.25, 0.3) is 0 Å². The maximum atomic E-state index is 10.1. The lowest BCUT2D eigenvalue weighted by Gasteiger charge is -2.02. The molecule has 3 heteroatoms. The summed E-state index contributed by atoms with van der Waals surface area (Å²) in [5.41, 5.74) is 4.41. The van der Waals surface area contributed by atoms with Gasteiger partial charge in [-0.05, 0) is 11.6 Å². The summed E-state index contributed by atoms with van der Waals surface area (Å²) in [7, 11) is 0. The zero-order valence-electron chi connectivity index (χ0n) is 7.23. The minimum Gasteiger partial charge on any atom is -0.324 e. The fourth-order valence-electron chi connectivity index (χ4n) is 1.02. The summed E-state index contributed by atoms with van der Waals surface area (Å²) in [5.74, 6) is 5.30. The first kappa shape index (κ1) is 9.48. The van der Waals surface area contributed by atoms with Gasteiger partial charge in [-0.25, -0.2) is 0 Å². The van der Waals surface area contributed by atoms with E-state index in [1.54, 1.807) is 6.08 Å². The highest BCUT2D eigenvalue weighted by atomic mass is 16.1. The number of nitrogen functional groups attached to an aromatic ring is 1. The number of rotatable bonds is 4. The second-order valence-corrected chi connectivity index (χ2v) is 2.54. The van der Waals surface area contributed by atoms with Gasteiger partial charge in [-0.1, -0.05) is 30.4 Å². The standard InChI is InChI=1S/C10H12N2O/c11-12-10-7-2-1-5-9(10)6-3-4-8-13/h1-3,5-8,12H,4,11H2. The van der Waals surface area contributed by atoms with Gasteiger partial charge in [-0.2, -0.15) is 0 Å². The Hall–Kier alpha value is -1.61. The summed E-state index contributed by atoms with van der Waals surface area (Å²) in [5, 5.41) is 0. The molecule has 3 N–H and O–H groups in total. The number of hydrazine groups is 1. The molecule has 0 aliphatic carbocycles. The van der Waals surface area contributed by atoms with Crippen LogP contribution in [0.2, 0.25) is 0 Å². The van der Waals surface area contributed by atoms with E-state index in [2.05, 4.69) is 5.43 Å². The first-order chi connectivity index (χ1) is 6.38. The molecule has 13 heavy (non-hydrogen) atoms. The van der Waals surface area contributed by atoms with Crippen LogP contribution in [0.5, 0.6) is 0 Å². The average Bonchev–Trinajstić information content (AvgIpc) is 2.19. The van der Waals surface area contributed by atoms with Crippen molar-refractivity contribution in [2.24, 2.45) is 5.84 Å². The van der Waals surface area contributed by atoms with Crippen LogP contribution in [0.25, 0.3) is 6.08 Å². The van der Waals surface area contributed by atoms with E-state index < -0.39 is 0 Å². The summed E-state index contributed by atoms with van der Waals surface area (Å²) in [6, 6.07) is 7.62. The monoisotopic (exact) mass is 176 g/mol. The van der Waals surface area contributed by atoms with Gasteiger partial charge >= 0.3 is 0 Å². The number of allylic oxidation sites excluding steroid dienone is 1. The molecular weight excluding hydrogens is 164 g/mol. The third-order valence-corrected chi connectivity index (χ3v) is 1.65. The van der Waals surface area contributed by atoms with Crippen molar-refractivity contribution in [1.82, 2.24) is 0 Å². The second kappa shape index (κ2) is 5.11. The van der Waals surface area contributed by atoms with Crippen molar-refractivity contribution in [1.29, 1.82) is 0 Å². The SMILES string of the molecule is NNc1ccccc1C=CCC=O. The number of aldehydes is 1. The molecule has 0 fully saturated rings. The number of hydrogen-bond donors (Lipinski definition) is 2. The molecule has 0 saturated heterocycles. The zero-order valence-corrected chi connectivity index (χ0v) is 7.23. The Labute approximate surface area is 77.2 Å². The van der Waals surface area contributed by atoms with Crippen LogP contribution in [0.3, 0.4) is 0 Å². The van der Waals surface area contributed by atoms with Gasteiger partial charge in [-0.15, -0.1) is 0 Å². The summed E-state index contributed by atoms with van der Waals surface area (Å²) in [4.78, 5) is 10.1. The second-order valence-electron chi connectivity index (χ2n) is 2.54. The molecule has 0 aromatic heterocycles. The van der Waals surface area contributed by atoms with Crippen LogP contribution in [0, 0.1) is 0 Å². The topological polar surface area (TPSA) is 55.1 Å². The normalized spacial score (nSPS) is 10.2. The number of carbonyl (C=O) groups is 1. The third-order valence-electron chi connectivity index (χ3n) is 1.65. The number of nitrogens with one attached hydrogen (secondary N) is 1. The van der Waals surface area contributed by atoms with Crippen molar-refractivity contribution in [2.75, 3.05) is 5.43 Å². The fraction of sp³-hybridized carbons (Fsp3) is 0.100. The average molecular weight is 176 g/mol. The highest BCUT2D eigenvalue weighted by Gasteiger charge is 1.93. The van der Waals surface area contributed by atoms with Crippen molar-refractivity contribution in [3.63, 3.8) is 0 Å². The highest BCUT2D eigenvalue weighted by Crippen LogP contribution is 2.14. The van der Waals surface area contributed by atoms with E-state index in [0.29, 0.717) is 6.42 Å². The molecule has 1 rings (SSSR count). The summed E-state index contributed by atoms with van der Waals surface area (Å²) >= 11 is 0. The van der Waals surface area contributed by atoms with Gasteiger partial charge < -0.3 is 10.2 Å². The van der Waals surface area contributed by atoms with E-state index in [-0.39, 0.29) is 0 Å². The highest BCUT2D eigenvalue weighted by molar-refractivity contribution is 5.67. The smallest absolute Gasteiger partial charge is 0.123 e. The van der Waals surface area contributed by atoms with E-state index in [9.17, 15) is 4.79 Å². The molecule has 0 bridgehead atoms. The lowest BCUT2D eigenvalue weighted by atomic mass is 10.1. The van der Waals surface area contributed by atoms with Crippen LogP contribution in [0.4, 0.5) is 5.69 Å². The quantitative estimate of drug-likeness (QED) is 0.416. The van der Waals surface area contributed by atoms with Crippen LogP contribution in [-0.4, -0.2) is 6.29 Å². The predicted molar refractivity (Wildman–Crippen MR) is 54.0 cm³/mol. The molecule has 0 radical (unpaired) electrons. The van der Waals surface area contributed by atoms with Crippen LogP contribution < -0.4 is 11.3 Å². The molecule has 1 aromatic rings. The van der Waals surface area contributed by atoms with Gasteiger partial charge in [0.2, 0.25) is 0 Å². The summed E-state index contributed by atoms with van der Waals surface area (Å²) in [6.07, 6.45) is 4.95. The fourth-order valence-corrected chi connectivity index (χ4v) is 1.02. The maximum Gasteiger partial charge on any atom is 0.123 e. The van der Waals surface area contributed by atoms with Crippen molar-refractivity contribution in [2.45, 2.75) is 6.42 Å². The van der Waals surface area contributed by atoms with Crippen molar-refractivity contribution in [3.8, 4) is 0 Å². The van der Waals surface area contributed by atoms with Crippen LogP contribution in [0.15, 0.2) is 30.3 Å². The molecule has 3 nitrogen and oxygen atoms in total. The van der Waals surface area contributed by atoms with E-state index in [4.69, 9.17) is 5.84 Å². The van der Waals surface area contributed by atoms with Gasteiger partial charge in [0, 0.05) is 6.42 Å². The Morgan fingerprint density at radius 2 is 2.15 bits per heavy atom. The van der Waals surface area contributed by atoms with E-state index in [1.807, 2.05) is 30.3 Å². The van der Waals surface area contributed by atoms with Gasteiger partial charge in [0.1, 0.15) is 6.29 Å². The Balaban J connectivity index is 2.80. The molecule has 0 unspecified atom stereocenters. The number of benzene rings is 1. The molecule has 0 amide bonds. The predicted octanol–water partition coefficient (Wildman–Crippen LogP) is 1.57. The van der Waals surface area contributed by atoms with Crippen LogP contribution in [-0.2, 0) is 4.79 Å². The van der Waals surface area contributed by atoms with Crippen molar-refractivity contribution < 1.29 is 4.79 Å². The van der Waals surface area contributed by atoms with Gasteiger partial charge in [0.15, 0.2) is 0 Å². The largest absolute Gasteiger partial charge is 0.324 e. The molecular formula is C10H12N2O. The van der Waals surface area contributed by atoms with Crippen molar-refractivity contribution in [3.05, 3.63) is 35.9 Å². The number of carbonyl (C=O) groups excluding carboxylic acids is 1. The van der Waals surface area contributed by atoms with Gasteiger partial charge in [-0.3, -0.25) is 5.84 Å². The molecule has 0 aliphatic heterocycles.